The second-order valence-electron chi connectivity index (χ2n) is 6.57. The number of halogens is 3. The Morgan fingerprint density at radius 2 is 2.00 bits per heavy atom. The van der Waals surface area contributed by atoms with Gasteiger partial charge in [-0.3, -0.25) is 4.79 Å². The summed E-state index contributed by atoms with van der Waals surface area (Å²) in [7, 11) is 1.70. The van der Waals surface area contributed by atoms with Gasteiger partial charge in [0.1, 0.15) is 0 Å². The Kier molecular flexibility index (Phi) is 5.70. The van der Waals surface area contributed by atoms with Crippen molar-refractivity contribution in [2.24, 2.45) is 0 Å². The molecule has 2 aromatic carbocycles. The number of nitrogens with zero attached hydrogens (tertiary/aromatic N) is 1. The van der Waals surface area contributed by atoms with Crippen molar-refractivity contribution in [3.05, 3.63) is 59.7 Å². The molecule has 7 heteroatoms. The van der Waals surface area contributed by atoms with Crippen LogP contribution in [0, 0.1) is 0 Å². The maximum atomic E-state index is 12.9. The van der Waals surface area contributed by atoms with Gasteiger partial charge >= 0.3 is 6.18 Å². The van der Waals surface area contributed by atoms with Gasteiger partial charge in [0.15, 0.2) is 0 Å². The van der Waals surface area contributed by atoms with Gasteiger partial charge < -0.3 is 15.0 Å². The molecule has 0 bridgehead atoms. The van der Waals surface area contributed by atoms with Crippen LogP contribution in [-0.4, -0.2) is 37.1 Å². The lowest BCUT2D eigenvalue weighted by Gasteiger charge is -2.22. The fraction of sp³-hybridized carbons (Fsp3) is 0.350. The van der Waals surface area contributed by atoms with Crippen LogP contribution in [0.4, 0.5) is 24.5 Å². The van der Waals surface area contributed by atoms with E-state index in [9.17, 15) is 18.0 Å². The quantitative estimate of drug-likeness (QED) is 0.820. The fourth-order valence-corrected chi connectivity index (χ4v) is 3.09. The van der Waals surface area contributed by atoms with Crippen LogP contribution in [0.1, 0.15) is 28.8 Å². The van der Waals surface area contributed by atoms with Gasteiger partial charge in [-0.25, -0.2) is 0 Å². The van der Waals surface area contributed by atoms with E-state index in [1.807, 2.05) is 0 Å². The van der Waals surface area contributed by atoms with Crippen molar-refractivity contribution in [1.29, 1.82) is 0 Å². The third-order valence-corrected chi connectivity index (χ3v) is 4.47. The highest BCUT2D eigenvalue weighted by Gasteiger charge is 2.30. The van der Waals surface area contributed by atoms with E-state index in [0.717, 1.165) is 25.0 Å². The predicted octanol–water partition coefficient (Wildman–Crippen LogP) is 4.70. The van der Waals surface area contributed by atoms with E-state index < -0.39 is 11.7 Å². The first kappa shape index (κ1) is 19.2. The molecule has 1 fully saturated rings. The minimum atomic E-state index is -4.42. The molecule has 1 amide bonds. The van der Waals surface area contributed by atoms with Crippen molar-refractivity contribution >= 4 is 17.3 Å². The average molecular weight is 378 g/mol. The molecule has 27 heavy (non-hydrogen) atoms. The summed E-state index contributed by atoms with van der Waals surface area (Å²) in [5.41, 5.74) is 0.384. The molecule has 1 aliphatic rings. The van der Waals surface area contributed by atoms with E-state index in [-0.39, 0.29) is 17.7 Å². The number of ether oxygens (including phenoxy) is 1. The largest absolute Gasteiger partial charge is 0.416 e. The summed E-state index contributed by atoms with van der Waals surface area (Å²) < 4.78 is 44.3. The highest BCUT2D eigenvalue weighted by atomic mass is 19.4. The maximum Gasteiger partial charge on any atom is 0.416 e. The number of amides is 1. The van der Waals surface area contributed by atoms with Gasteiger partial charge in [0.25, 0.3) is 5.91 Å². The van der Waals surface area contributed by atoms with Crippen LogP contribution in [0.2, 0.25) is 0 Å². The number of likely N-dealkylation sites (N-methyl/N-ethyl adjacent to an activating group) is 1. The summed E-state index contributed by atoms with van der Waals surface area (Å²) in [6, 6.07) is 11.7. The molecule has 2 aromatic rings. The predicted molar refractivity (Wildman–Crippen MR) is 97.1 cm³/mol. The Morgan fingerprint density at radius 1 is 1.22 bits per heavy atom. The molecule has 1 atom stereocenters. The van der Waals surface area contributed by atoms with Crippen molar-refractivity contribution in [1.82, 2.24) is 4.90 Å². The molecule has 144 valence electrons. The molecular weight excluding hydrogens is 357 g/mol. The van der Waals surface area contributed by atoms with Crippen LogP contribution in [0.25, 0.3) is 0 Å². The highest BCUT2D eigenvalue weighted by molar-refractivity contribution is 6.00. The summed E-state index contributed by atoms with van der Waals surface area (Å²) in [6.07, 6.45) is -2.49. The number of carbonyl (C=O) groups is 1. The van der Waals surface area contributed by atoms with E-state index >= 15 is 0 Å². The molecular formula is C20H21F3N2O2. The number of alkyl halides is 3. The van der Waals surface area contributed by atoms with E-state index in [2.05, 4.69) is 5.32 Å². The number of hydrogen-bond acceptors (Lipinski definition) is 3. The second-order valence-corrected chi connectivity index (χ2v) is 6.57. The number of anilines is 2. The minimum absolute atomic E-state index is 0.0301. The van der Waals surface area contributed by atoms with Crippen molar-refractivity contribution in [3.63, 3.8) is 0 Å². The lowest BCUT2D eigenvalue weighted by molar-refractivity contribution is -0.137. The molecule has 0 radical (unpaired) electrons. The minimum Gasteiger partial charge on any atom is -0.376 e. The van der Waals surface area contributed by atoms with Crippen LogP contribution >= 0.6 is 0 Å². The SMILES string of the molecule is CN(CC1CCCO1)C(=O)c1ccccc1Nc1cccc(C(F)(F)F)c1. The fourth-order valence-electron chi connectivity index (χ4n) is 3.09. The number of benzene rings is 2. The van der Waals surface area contributed by atoms with E-state index in [4.69, 9.17) is 4.74 Å². The Balaban J connectivity index is 1.78. The van der Waals surface area contributed by atoms with Crippen molar-refractivity contribution in [2.45, 2.75) is 25.1 Å². The van der Waals surface area contributed by atoms with Gasteiger partial charge in [-0.05, 0) is 43.2 Å². The molecule has 1 aliphatic heterocycles. The van der Waals surface area contributed by atoms with Crippen LogP contribution in [0.15, 0.2) is 48.5 Å². The maximum absolute atomic E-state index is 12.9. The zero-order valence-electron chi connectivity index (χ0n) is 14.9. The third kappa shape index (κ3) is 4.80. The second kappa shape index (κ2) is 8.00. The topological polar surface area (TPSA) is 41.6 Å². The lowest BCUT2D eigenvalue weighted by atomic mass is 10.1. The van der Waals surface area contributed by atoms with Crippen molar-refractivity contribution in [2.75, 3.05) is 25.5 Å². The van der Waals surface area contributed by atoms with Crippen LogP contribution in [-0.2, 0) is 10.9 Å². The average Bonchev–Trinajstić information content (AvgIpc) is 3.14. The van der Waals surface area contributed by atoms with Crippen LogP contribution in [0.5, 0.6) is 0 Å². The van der Waals surface area contributed by atoms with Gasteiger partial charge in [0.05, 0.1) is 22.9 Å². The van der Waals surface area contributed by atoms with Crippen LogP contribution < -0.4 is 5.32 Å². The molecule has 3 rings (SSSR count). The number of hydrogen-bond donors (Lipinski definition) is 1. The summed E-state index contributed by atoms with van der Waals surface area (Å²) >= 11 is 0. The smallest absolute Gasteiger partial charge is 0.376 e. The number of para-hydroxylation sites is 1. The number of carbonyl (C=O) groups excluding carboxylic acids is 1. The molecule has 0 saturated carbocycles. The Hall–Kier alpha value is -2.54. The van der Waals surface area contributed by atoms with Gasteiger partial charge in [0, 0.05) is 25.9 Å². The summed E-state index contributed by atoms with van der Waals surface area (Å²) in [6.45, 7) is 1.19. The standard InChI is InChI=1S/C20H21F3N2O2/c1-25(13-16-8-5-11-27-16)19(26)17-9-2-3-10-18(17)24-15-7-4-6-14(12-15)20(21,22)23/h2-4,6-7,9-10,12,16,24H,5,8,11,13H2,1H3. The molecule has 1 heterocycles. The molecule has 4 nitrogen and oxygen atoms in total. The van der Waals surface area contributed by atoms with Gasteiger partial charge in [-0.1, -0.05) is 18.2 Å². The Morgan fingerprint density at radius 3 is 2.70 bits per heavy atom. The van der Waals surface area contributed by atoms with Crippen LogP contribution in [0.3, 0.4) is 0 Å². The Labute approximate surface area is 155 Å². The zero-order valence-corrected chi connectivity index (χ0v) is 14.9. The molecule has 0 aliphatic carbocycles. The Bertz CT molecular complexity index is 802. The third-order valence-electron chi connectivity index (χ3n) is 4.47. The first-order valence-corrected chi connectivity index (χ1v) is 8.75. The van der Waals surface area contributed by atoms with Crippen molar-refractivity contribution in [3.8, 4) is 0 Å². The summed E-state index contributed by atoms with van der Waals surface area (Å²) in [4.78, 5) is 14.4. The molecule has 1 saturated heterocycles. The van der Waals surface area contributed by atoms with E-state index in [1.54, 1.807) is 36.2 Å². The first-order valence-electron chi connectivity index (χ1n) is 8.75. The van der Waals surface area contributed by atoms with Gasteiger partial charge in [-0.15, -0.1) is 0 Å². The van der Waals surface area contributed by atoms with Gasteiger partial charge in [0.2, 0.25) is 0 Å². The number of rotatable bonds is 5. The molecule has 0 aromatic heterocycles. The summed E-state index contributed by atoms with van der Waals surface area (Å²) in [5, 5.41) is 2.94. The van der Waals surface area contributed by atoms with E-state index in [0.29, 0.717) is 24.4 Å². The number of nitrogens with one attached hydrogen (secondary N) is 1. The summed E-state index contributed by atoms with van der Waals surface area (Å²) in [5.74, 6) is -0.208. The monoisotopic (exact) mass is 378 g/mol. The first-order chi connectivity index (χ1) is 12.8. The van der Waals surface area contributed by atoms with E-state index in [1.165, 1.54) is 12.1 Å². The molecule has 1 N–H and O–H groups in total. The van der Waals surface area contributed by atoms with Crippen molar-refractivity contribution < 1.29 is 22.7 Å². The molecule has 1 unspecified atom stereocenters. The zero-order chi connectivity index (χ0) is 19.4. The lowest BCUT2D eigenvalue weighted by Crippen LogP contribution is -2.34. The molecule has 0 spiro atoms. The normalized spacial score (nSPS) is 17.0. The van der Waals surface area contributed by atoms with Gasteiger partial charge in [-0.2, -0.15) is 13.2 Å². The highest BCUT2D eigenvalue weighted by Crippen LogP contribution is 2.32.